The quantitative estimate of drug-likeness (QED) is 0.868. The zero-order chi connectivity index (χ0) is 18.0. The summed E-state index contributed by atoms with van der Waals surface area (Å²) >= 11 is 0. The van der Waals surface area contributed by atoms with Crippen LogP contribution in [0, 0.1) is 0 Å². The highest BCUT2D eigenvalue weighted by molar-refractivity contribution is 5.58. The molecule has 0 saturated heterocycles. The summed E-state index contributed by atoms with van der Waals surface area (Å²) in [7, 11) is 6.33. The SMILES string of the molecule is COc1ccc2c(c1O)CCN[C@@H]2c1cc(OC)c(OC)c(OC)c1. The Morgan fingerprint density at radius 2 is 1.56 bits per heavy atom. The van der Waals surface area contributed by atoms with Crippen molar-refractivity contribution in [3.63, 3.8) is 0 Å². The molecule has 0 unspecified atom stereocenters. The smallest absolute Gasteiger partial charge is 0.203 e. The lowest BCUT2D eigenvalue weighted by molar-refractivity contribution is 0.323. The Bertz CT molecular complexity index is 750. The molecule has 0 bridgehead atoms. The van der Waals surface area contributed by atoms with E-state index in [0.29, 0.717) is 23.0 Å². The first kappa shape index (κ1) is 17.2. The average molecular weight is 345 g/mol. The monoisotopic (exact) mass is 345 g/mol. The third-order valence-corrected chi connectivity index (χ3v) is 4.56. The van der Waals surface area contributed by atoms with Crippen molar-refractivity contribution in [1.82, 2.24) is 5.32 Å². The second-order valence-electron chi connectivity index (χ2n) is 5.78. The number of aromatic hydroxyl groups is 1. The molecular formula is C19H23NO5. The van der Waals surface area contributed by atoms with Gasteiger partial charge in [-0.05, 0) is 35.7 Å². The molecular weight excluding hydrogens is 322 g/mol. The van der Waals surface area contributed by atoms with Crippen molar-refractivity contribution in [2.45, 2.75) is 12.5 Å². The summed E-state index contributed by atoms with van der Waals surface area (Å²) in [5.41, 5.74) is 2.88. The number of phenols is 1. The Morgan fingerprint density at radius 3 is 2.12 bits per heavy atom. The van der Waals surface area contributed by atoms with Gasteiger partial charge in [-0.2, -0.15) is 0 Å². The lowest BCUT2D eigenvalue weighted by Gasteiger charge is -2.29. The number of ether oxygens (including phenoxy) is 4. The minimum atomic E-state index is -0.0886. The van der Waals surface area contributed by atoms with Crippen molar-refractivity contribution in [2.75, 3.05) is 35.0 Å². The fourth-order valence-corrected chi connectivity index (χ4v) is 3.35. The van der Waals surface area contributed by atoms with Gasteiger partial charge in [0.1, 0.15) is 0 Å². The van der Waals surface area contributed by atoms with Crippen LogP contribution in [0.1, 0.15) is 22.7 Å². The topological polar surface area (TPSA) is 69.2 Å². The molecule has 1 heterocycles. The molecule has 6 nitrogen and oxygen atoms in total. The zero-order valence-electron chi connectivity index (χ0n) is 14.9. The molecule has 0 spiro atoms. The van der Waals surface area contributed by atoms with E-state index in [1.807, 2.05) is 18.2 Å². The first-order valence-corrected chi connectivity index (χ1v) is 8.06. The first-order chi connectivity index (χ1) is 12.1. The van der Waals surface area contributed by atoms with Crippen LogP contribution in [0.4, 0.5) is 0 Å². The molecule has 0 fully saturated rings. The summed E-state index contributed by atoms with van der Waals surface area (Å²) < 4.78 is 21.5. The molecule has 0 aliphatic carbocycles. The molecule has 2 aromatic carbocycles. The van der Waals surface area contributed by atoms with E-state index in [-0.39, 0.29) is 11.8 Å². The Hall–Kier alpha value is -2.60. The predicted octanol–water partition coefficient (Wildman–Crippen LogP) is 2.66. The number of nitrogens with one attached hydrogen (secondary N) is 1. The van der Waals surface area contributed by atoms with Gasteiger partial charge in [0.25, 0.3) is 0 Å². The van der Waals surface area contributed by atoms with Crippen LogP contribution in [0.3, 0.4) is 0 Å². The number of benzene rings is 2. The molecule has 2 aromatic rings. The molecule has 0 saturated carbocycles. The predicted molar refractivity (Wildman–Crippen MR) is 94.3 cm³/mol. The number of rotatable bonds is 5. The van der Waals surface area contributed by atoms with Crippen molar-refractivity contribution in [3.8, 4) is 28.7 Å². The van der Waals surface area contributed by atoms with Gasteiger partial charge in [-0.15, -0.1) is 0 Å². The molecule has 0 aromatic heterocycles. The highest BCUT2D eigenvalue weighted by Gasteiger charge is 2.27. The standard InChI is InChI=1S/C19H23NO5/c1-22-14-6-5-12-13(18(14)21)7-8-20-17(12)11-9-15(23-2)19(25-4)16(10-11)24-3/h5-6,9-10,17,20-21H,7-8H2,1-4H3/t17-/m1/s1. The minimum Gasteiger partial charge on any atom is -0.504 e. The molecule has 25 heavy (non-hydrogen) atoms. The molecule has 0 amide bonds. The number of fused-ring (bicyclic) bond motifs is 1. The summed E-state index contributed by atoms with van der Waals surface area (Å²) in [4.78, 5) is 0. The van der Waals surface area contributed by atoms with Crippen LogP contribution in [0.25, 0.3) is 0 Å². The van der Waals surface area contributed by atoms with Crippen molar-refractivity contribution >= 4 is 0 Å². The van der Waals surface area contributed by atoms with Crippen LogP contribution in [0.15, 0.2) is 24.3 Å². The van der Waals surface area contributed by atoms with E-state index in [0.717, 1.165) is 29.7 Å². The van der Waals surface area contributed by atoms with Crippen LogP contribution >= 0.6 is 0 Å². The first-order valence-electron chi connectivity index (χ1n) is 8.06. The van der Waals surface area contributed by atoms with E-state index in [9.17, 15) is 5.11 Å². The Morgan fingerprint density at radius 1 is 0.920 bits per heavy atom. The molecule has 0 radical (unpaired) electrons. The summed E-state index contributed by atoms with van der Waals surface area (Å²) in [5.74, 6) is 2.46. The zero-order valence-corrected chi connectivity index (χ0v) is 14.9. The minimum absolute atomic E-state index is 0.0886. The molecule has 1 aliphatic heterocycles. The lowest BCUT2D eigenvalue weighted by atomic mass is 9.88. The molecule has 3 rings (SSSR count). The molecule has 1 aliphatic rings. The van der Waals surface area contributed by atoms with Crippen LogP contribution in [-0.4, -0.2) is 40.1 Å². The van der Waals surface area contributed by atoms with Crippen molar-refractivity contribution < 1.29 is 24.1 Å². The van der Waals surface area contributed by atoms with Gasteiger partial charge < -0.3 is 29.4 Å². The van der Waals surface area contributed by atoms with Crippen LogP contribution < -0.4 is 24.3 Å². The second-order valence-corrected chi connectivity index (χ2v) is 5.78. The maximum absolute atomic E-state index is 10.5. The summed E-state index contributed by atoms with van der Waals surface area (Å²) in [5, 5.41) is 14.0. The van der Waals surface area contributed by atoms with E-state index in [1.165, 1.54) is 0 Å². The fraction of sp³-hybridized carbons (Fsp3) is 0.368. The number of methoxy groups -OCH3 is 4. The van der Waals surface area contributed by atoms with Crippen molar-refractivity contribution in [1.29, 1.82) is 0 Å². The van der Waals surface area contributed by atoms with Gasteiger partial charge in [-0.25, -0.2) is 0 Å². The van der Waals surface area contributed by atoms with Gasteiger partial charge in [-0.3, -0.25) is 0 Å². The van der Waals surface area contributed by atoms with Gasteiger partial charge in [-0.1, -0.05) is 6.07 Å². The van der Waals surface area contributed by atoms with E-state index in [4.69, 9.17) is 18.9 Å². The Balaban J connectivity index is 2.12. The Labute approximate surface area is 147 Å². The normalized spacial score (nSPS) is 16.1. The fourth-order valence-electron chi connectivity index (χ4n) is 3.35. The summed E-state index contributed by atoms with van der Waals surface area (Å²) in [6.07, 6.45) is 0.735. The third kappa shape index (κ3) is 2.93. The van der Waals surface area contributed by atoms with Gasteiger partial charge in [0.05, 0.1) is 34.5 Å². The van der Waals surface area contributed by atoms with Crippen molar-refractivity contribution in [2.24, 2.45) is 0 Å². The van der Waals surface area contributed by atoms with Crippen LogP contribution in [0.2, 0.25) is 0 Å². The highest BCUT2D eigenvalue weighted by Crippen LogP contribution is 2.43. The maximum Gasteiger partial charge on any atom is 0.203 e. The second kappa shape index (κ2) is 7.11. The number of hydrogen-bond donors (Lipinski definition) is 2. The lowest BCUT2D eigenvalue weighted by Crippen LogP contribution is -2.30. The highest BCUT2D eigenvalue weighted by atomic mass is 16.5. The largest absolute Gasteiger partial charge is 0.504 e. The Kier molecular flexibility index (Phi) is 4.90. The van der Waals surface area contributed by atoms with Crippen LogP contribution in [0.5, 0.6) is 28.7 Å². The number of phenolic OH excluding ortho intramolecular Hbond substituents is 1. The van der Waals surface area contributed by atoms with Gasteiger partial charge in [0.2, 0.25) is 5.75 Å². The van der Waals surface area contributed by atoms with E-state index in [1.54, 1.807) is 34.5 Å². The van der Waals surface area contributed by atoms with E-state index >= 15 is 0 Å². The maximum atomic E-state index is 10.5. The molecule has 2 N–H and O–H groups in total. The van der Waals surface area contributed by atoms with Crippen molar-refractivity contribution in [3.05, 3.63) is 41.0 Å². The number of hydrogen-bond acceptors (Lipinski definition) is 6. The van der Waals surface area contributed by atoms with Crippen LogP contribution in [-0.2, 0) is 6.42 Å². The summed E-state index contributed by atoms with van der Waals surface area (Å²) in [6, 6.07) is 7.53. The summed E-state index contributed by atoms with van der Waals surface area (Å²) in [6.45, 7) is 0.745. The van der Waals surface area contributed by atoms with Gasteiger partial charge >= 0.3 is 0 Å². The average Bonchev–Trinajstić information content (AvgIpc) is 2.66. The van der Waals surface area contributed by atoms with Gasteiger partial charge in [0.15, 0.2) is 23.0 Å². The molecule has 1 atom stereocenters. The van der Waals surface area contributed by atoms with Gasteiger partial charge in [0, 0.05) is 12.1 Å². The third-order valence-electron chi connectivity index (χ3n) is 4.56. The molecule has 6 heteroatoms. The molecule has 134 valence electrons. The van der Waals surface area contributed by atoms with E-state index in [2.05, 4.69) is 5.32 Å². The van der Waals surface area contributed by atoms with E-state index < -0.39 is 0 Å².